The van der Waals surface area contributed by atoms with E-state index in [0.717, 1.165) is 63.5 Å². The number of aromatic nitrogens is 2. The van der Waals surface area contributed by atoms with Crippen LogP contribution in [0.4, 0.5) is 0 Å². The molecule has 0 N–H and O–H groups in total. The van der Waals surface area contributed by atoms with E-state index in [0.29, 0.717) is 18.4 Å². The molecule has 7 heteroatoms. The maximum atomic E-state index is 12.1. The van der Waals surface area contributed by atoms with Crippen LogP contribution in [0.15, 0.2) is 4.52 Å². The average molecular weight is 363 g/mol. The van der Waals surface area contributed by atoms with Crippen molar-refractivity contribution in [1.29, 1.82) is 0 Å². The fourth-order valence-electron chi connectivity index (χ4n) is 4.20. The van der Waals surface area contributed by atoms with Crippen molar-refractivity contribution in [1.82, 2.24) is 15.0 Å². The van der Waals surface area contributed by atoms with Crippen molar-refractivity contribution in [3.05, 3.63) is 11.7 Å². The molecule has 1 atom stereocenters. The highest BCUT2D eigenvalue weighted by molar-refractivity contribution is 5.77. The first-order valence-electron chi connectivity index (χ1n) is 9.99. The van der Waals surface area contributed by atoms with Crippen molar-refractivity contribution in [2.45, 2.75) is 63.4 Å². The molecule has 1 saturated carbocycles. The predicted octanol–water partition coefficient (Wildman–Crippen LogP) is 2.31. The van der Waals surface area contributed by atoms with E-state index in [9.17, 15) is 4.79 Å². The monoisotopic (exact) mass is 363 g/mol. The molecule has 1 aromatic heterocycles. The van der Waals surface area contributed by atoms with Crippen LogP contribution in [0.2, 0.25) is 0 Å². The zero-order chi connectivity index (χ0) is 18.0. The maximum Gasteiger partial charge on any atom is 0.248 e. The van der Waals surface area contributed by atoms with Gasteiger partial charge in [0.1, 0.15) is 6.61 Å². The summed E-state index contributed by atoms with van der Waals surface area (Å²) in [6.07, 6.45) is 7.10. The largest absolute Gasteiger partial charge is 0.375 e. The lowest BCUT2D eigenvalue weighted by Gasteiger charge is -2.46. The fraction of sp³-hybridized carbons (Fsp3) is 0.842. The first kappa shape index (κ1) is 17.9. The molecule has 0 radical (unpaired) electrons. The molecule has 4 rings (SSSR count). The number of carbonyl (C=O) groups excluding carboxylic acids is 1. The highest BCUT2D eigenvalue weighted by Crippen LogP contribution is 2.40. The second kappa shape index (κ2) is 7.64. The topological polar surface area (TPSA) is 77.7 Å². The van der Waals surface area contributed by atoms with Gasteiger partial charge in [-0.25, -0.2) is 0 Å². The van der Waals surface area contributed by atoms with E-state index in [2.05, 4.69) is 10.1 Å². The van der Waals surface area contributed by atoms with Crippen LogP contribution in [0.5, 0.6) is 0 Å². The number of nitrogens with zero attached hydrogens (tertiary/aromatic N) is 3. The molecule has 1 amide bonds. The molecular weight excluding hydrogens is 334 g/mol. The van der Waals surface area contributed by atoms with Crippen molar-refractivity contribution in [3.8, 4) is 0 Å². The molecule has 3 aliphatic rings. The number of likely N-dealkylation sites (tertiary alicyclic amines) is 1. The normalized spacial score (nSPS) is 25.6. The van der Waals surface area contributed by atoms with E-state index < -0.39 is 0 Å². The van der Waals surface area contributed by atoms with Crippen molar-refractivity contribution in [2.75, 3.05) is 32.9 Å². The zero-order valence-electron chi connectivity index (χ0n) is 15.6. The molecule has 0 bridgehead atoms. The fourth-order valence-corrected chi connectivity index (χ4v) is 4.20. The lowest BCUT2D eigenvalue weighted by atomic mass is 9.78. The average Bonchev–Trinajstić information content (AvgIpc) is 3.40. The van der Waals surface area contributed by atoms with Gasteiger partial charge in [0, 0.05) is 38.6 Å². The minimum absolute atomic E-state index is 0.0889. The Bertz CT molecular complexity index is 620. The van der Waals surface area contributed by atoms with Crippen LogP contribution in [0.3, 0.4) is 0 Å². The molecule has 0 aromatic carbocycles. The van der Waals surface area contributed by atoms with Crippen LogP contribution in [0.25, 0.3) is 0 Å². The maximum absolute atomic E-state index is 12.1. The second-order valence-electron chi connectivity index (χ2n) is 7.94. The number of piperidine rings is 1. The van der Waals surface area contributed by atoms with Crippen LogP contribution in [0, 0.1) is 5.92 Å². The molecule has 2 saturated heterocycles. The second-order valence-corrected chi connectivity index (χ2v) is 7.94. The van der Waals surface area contributed by atoms with Gasteiger partial charge < -0.3 is 18.9 Å². The van der Waals surface area contributed by atoms with Crippen molar-refractivity contribution >= 4 is 5.91 Å². The summed E-state index contributed by atoms with van der Waals surface area (Å²) in [6, 6.07) is 0. The molecule has 3 heterocycles. The van der Waals surface area contributed by atoms with Crippen LogP contribution in [-0.4, -0.2) is 59.5 Å². The van der Waals surface area contributed by atoms with E-state index in [1.165, 1.54) is 12.8 Å². The summed E-state index contributed by atoms with van der Waals surface area (Å²) in [5.41, 5.74) is -0.0889. The molecule has 1 spiro atoms. The minimum atomic E-state index is -0.0889. The number of carbonyl (C=O) groups is 1. The molecule has 3 fully saturated rings. The number of amides is 1. The number of hydrogen-bond acceptors (Lipinski definition) is 6. The lowest BCUT2D eigenvalue weighted by molar-refractivity contribution is -0.150. The molecule has 144 valence electrons. The minimum Gasteiger partial charge on any atom is -0.375 e. The third kappa shape index (κ3) is 4.09. The van der Waals surface area contributed by atoms with E-state index in [4.69, 9.17) is 14.0 Å². The molecule has 2 aliphatic heterocycles. The predicted molar refractivity (Wildman–Crippen MR) is 93.7 cm³/mol. The number of rotatable bonds is 6. The Kier molecular flexibility index (Phi) is 5.27. The summed E-state index contributed by atoms with van der Waals surface area (Å²) >= 11 is 0. The molecule has 26 heavy (non-hydrogen) atoms. The Morgan fingerprint density at radius 1 is 1.31 bits per heavy atom. The highest BCUT2D eigenvalue weighted by atomic mass is 16.5. The summed E-state index contributed by atoms with van der Waals surface area (Å²) in [7, 11) is 0. The first-order valence-corrected chi connectivity index (χ1v) is 9.99. The molecule has 1 unspecified atom stereocenters. The summed E-state index contributed by atoms with van der Waals surface area (Å²) < 4.78 is 16.8. The smallest absolute Gasteiger partial charge is 0.248 e. The number of ether oxygens (including phenoxy) is 2. The summed E-state index contributed by atoms with van der Waals surface area (Å²) in [5, 5.41) is 4.18. The summed E-state index contributed by atoms with van der Waals surface area (Å²) in [5.74, 6) is 2.80. The van der Waals surface area contributed by atoms with Crippen LogP contribution in [-0.2, 0) is 20.7 Å². The van der Waals surface area contributed by atoms with Crippen LogP contribution >= 0.6 is 0 Å². The van der Waals surface area contributed by atoms with Gasteiger partial charge in [0.2, 0.25) is 11.8 Å². The van der Waals surface area contributed by atoms with E-state index in [1.807, 2.05) is 11.8 Å². The van der Waals surface area contributed by atoms with Gasteiger partial charge in [0.15, 0.2) is 5.82 Å². The Morgan fingerprint density at radius 2 is 2.12 bits per heavy atom. The molecule has 7 nitrogen and oxygen atoms in total. The van der Waals surface area contributed by atoms with Gasteiger partial charge in [-0.3, -0.25) is 4.79 Å². The molecular formula is C19H29N3O4. The van der Waals surface area contributed by atoms with Crippen LogP contribution < -0.4 is 0 Å². The Balaban J connectivity index is 1.29. The summed E-state index contributed by atoms with van der Waals surface area (Å²) in [4.78, 5) is 18.6. The van der Waals surface area contributed by atoms with Gasteiger partial charge >= 0.3 is 0 Å². The molecule has 1 aliphatic carbocycles. The van der Waals surface area contributed by atoms with Gasteiger partial charge in [-0.15, -0.1) is 0 Å². The summed E-state index contributed by atoms with van der Waals surface area (Å²) in [6.45, 7) is 4.97. The third-order valence-corrected chi connectivity index (χ3v) is 5.93. The lowest BCUT2D eigenvalue weighted by Crippen LogP contribution is -2.51. The van der Waals surface area contributed by atoms with Gasteiger partial charge in [-0.2, -0.15) is 4.98 Å². The van der Waals surface area contributed by atoms with Gasteiger partial charge in [0.25, 0.3) is 0 Å². The first-order chi connectivity index (χ1) is 12.7. The zero-order valence-corrected chi connectivity index (χ0v) is 15.6. The van der Waals surface area contributed by atoms with Crippen molar-refractivity contribution in [2.24, 2.45) is 5.92 Å². The van der Waals surface area contributed by atoms with Gasteiger partial charge in [0.05, 0.1) is 5.60 Å². The van der Waals surface area contributed by atoms with Crippen molar-refractivity contribution < 1.29 is 18.8 Å². The standard InChI is InChI=1S/C19H29N3O4/c1-2-24-13-17(23)22-8-6-19(7-9-22)12-14(5-10-25-19)11-16-20-18(26-21-16)15-3-4-15/h14-15H,2-13H2,1H3. The molecule has 1 aromatic rings. The van der Waals surface area contributed by atoms with Gasteiger partial charge in [-0.1, -0.05) is 5.16 Å². The Labute approximate surface area is 154 Å². The Hall–Kier alpha value is -1.47. The van der Waals surface area contributed by atoms with Crippen molar-refractivity contribution in [3.63, 3.8) is 0 Å². The van der Waals surface area contributed by atoms with E-state index in [1.54, 1.807) is 0 Å². The third-order valence-electron chi connectivity index (χ3n) is 5.93. The van der Waals surface area contributed by atoms with Gasteiger partial charge in [-0.05, 0) is 51.4 Å². The SMILES string of the molecule is CCOCC(=O)N1CCC2(CC1)CC(Cc1noc(C3CC3)n1)CCO2. The highest BCUT2D eigenvalue weighted by Gasteiger charge is 2.41. The number of hydrogen-bond donors (Lipinski definition) is 0. The van der Waals surface area contributed by atoms with Crippen LogP contribution in [0.1, 0.15) is 63.1 Å². The van der Waals surface area contributed by atoms with E-state index in [-0.39, 0.29) is 18.1 Å². The van der Waals surface area contributed by atoms with E-state index >= 15 is 0 Å². The quantitative estimate of drug-likeness (QED) is 0.772. The Morgan fingerprint density at radius 3 is 2.85 bits per heavy atom.